The van der Waals surface area contributed by atoms with E-state index < -0.39 is 0 Å². The fraction of sp³-hybridized carbons (Fsp3) is 0.111. The summed E-state index contributed by atoms with van der Waals surface area (Å²) >= 11 is 1.27. The number of rotatable bonds is 2. The van der Waals surface area contributed by atoms with Crippen molar-refractivity contribution in [3.05, 3.63) is 65.0 Å². The van der Waals surface area contributed by atoms with Gasteiger partial charge in [0.05, 0.1) is 4.91 Å². The zero-order chi connectivity index (χ0) is 15.8. The highest BCUT2D eigenvalue weighted by Crippen LogP contribution is 2.35. The third kappa shape index (κ3) is 2.53. The number of hydrogen-bond acceptors (Lipinski definition) is 5. The standard InChI is InChI=1S/C18H12O4S/c19-14-10-15(16(20)18-17(14)21-7-8-22-18)23-13-6-5-11-3-1-2-4-12(11)9-13/h1-6,9-10H,7-8H2. The van der Waals surface area contributed by atoms with Crippen LogP contribution in [0.4, 0.5) is 0 Å². The predicted octanol–water partition coefficient (Wildman–Crippen LogP) is 3.23. The molecule has 0 atom stereocenters. The van der Waals surface area contributed by atoms with Gasteiger partial charge in [0.1, 0.15) is 13.2 Å². The zero-order valence-corrected chi connectivity index (χ0v) is 12.9. The second-order valence-corrected chi connectivity index (χ2v) is 6.28. The molecule has 5 heteroatoms. The number of allylic oxidation sites excluding steroid dienone is 2. The van der Waals surface area contributed by atoms with E-state index in [1.165, 1.54) is 17.8 Å². The molecule has 0 saturated carbocycles. The van der Waals surface area contributed by atoms with Crippen molar-refractivity contribution in [3.8, 4) is 0 Å². The molecule has 0 spiro atoms. The lowest BCUT2D eigenvalue weighted by molar-refractivity contribution is -0.123. The third-order valence-electron chi connectivity index (χ3n) is 3.65. The van der Waals surface area contributed by atoms with E-state index >= 15 is 0 Å². The van der Waals surface area contributed by atoms with Crippen molar-refractivity contribution >= 4 is 34.1 Å². The topological polar surface area (TPSA) is 52.6 Å². The van der Waals surface area contributed by atoms with Gasteiger partial charge in [0.2, 0.25) is 23.1 Å². The fourth-order valence-electron chi connectivity index (χ4n) is 2.57. The molecule has 0 bridgehead atoms. The van der Waals surface area contributed by atoms with Gasteiger partial charge in [-0.3, -0.25) is 9.59 Å². The molecular weight excluding hydrogens is 312 g/mol. The fourth-order valence-corrected chi connectivity index (χ4v) is 3.49. The van der Waals surface area contributed by atoms with Crippen LogP contribution in [-0.4, -0.2) is 24.8 Å². The maximum Gasteiger partial charge on any atom is 0.238 e. The van der Waals surface area contributed by atoms with Crippen LogP contribution in [0.15, 0.2) is 69.9 Å². The highest BCUT2D eigenvalue weighted by molar-refractivity contribution is 8.04. The van der Waals surface area contributed by atoms with Crippen LogP contribution in [0, 0.1) is 0 Å². The summed E-state index contributed by atoms with van der Waals surface area (Å²) in [6.07, 6.45) is 1.33. The summed E-state index contributed by atoms with van der Waals surface area (Å²) in [5.74, 6) is -0.545. The minimum Gasteiger partial charge on any atom is -0.483 e. The van der Waals surface area contributed by atoms with Crippen molar-refractivity contribution in [3.63, 3.8) is 0 Å². The Morgan fingerprint density at radius 3 is 2.43 bits per heavy atom. The normalized spacial score (nSPS) is 17.5. The maximum absolute atomic E-state index is 12.5. The first kappa shape index (κ1) is 14.1. The average molecular weight is 324 g/mol. The number of fused-ring (bicyclic) bond motifs is 1. The van der Waals surface area contributed by atoms with E-state index in [-0.39, 0.29) is 29.7 Å². The van der Waals surface area contributed by atoms with E-state index in [1.807, 2.05) is 42.5 Å². The Labute approximate surface area is 136 Å². The third-order valence-corrected chi connectivity index (χ3v) is 4.66. The molecule has 0 fully saturated rings. The van der Waals surface area contributed by atoms with Gasteiger partial charge >= 0.3 is 0 Å². The average Bonchev–Trinajstić information content (AvgIpc) is 2.59. The molecule has 2 aromatic rings. The van der Waals surface area contributed by atoms with Crippen LogP contribution in [-0.2, 0) is 19.1 Å². The minimum atomic E-state index is -0.317. The summed E-state index contributed by atoms with van der Waals surface area (Å²) in [5.41, 5.74) is 0. The van der Waals surface area contributed by atoms with Crippen LogP contribution in [0.5, 0.6) is 0 Å². The number of carbonyl (C=O) groups is 2. The smallest absolute Gasteiger partial charge is 0.238 e. The SMILES string of the molecule is O=C1C=C(Sc2ccc3ccccc3c2)C(=O)C2=C1OCCO2. The van der Waals surface area contributed by atoms with Crippen molar-refractivity contribution in [2.24, 2.45) is 0 Å². The van der Waals surface area contributed by atoms with E-state index in [4.69, 9.17) is 9.47 Å². The van der Waals surface area contributed by atoms with E-state index in [9.17, 15) is 9.59 Å². The van der Waals surface area contributed by atoms with E-state index in [2.05, 4.69) is 0 Å². The Morgan fingerprint density at radius 1 is 0.870 bits per heavy atom. The van der Waals surface area contributed by atoms with Crippen LogP contribution in [0.25, 0.3) is 10.8 Å². The molecule has 2 aliphatic rings. The lowest BCUT2D eigenvalue weighted by Crippen LogP contribution is -2.27. The molecule has 1 heterocycles. The molecule has 1 aliphatic heterocycles. The number of ether oxygens (including phenoxy) is 2. The molecule has 4 rings (SSSR count). The quantitative estimate of drug-likeness (QED) is 0.794. The van der Waals surface area contributed by atoms with Gasteiger partial charge in [0, 0.05) is 11.0 Å². The number of thioether (sulfide) groups is 1. The molecule has 0 saturated heterocycles. The summed E-state index contributed by atoms with van der Waals surface area (Å²) < 4.78 is 10.6. The van der Waals surface area contributed by atoms with Crippen LogP contribution in [0.1, 0.15) is 0 Å². The molecule has 1 aliphatic carbocycles. The van der Waals surface area contributed by atoms with Gasteiger partial charge in [0.15, 0.2) is 0 Å². The second kappa shape index (κ2) is 5.59. The van der Waals surface area contributed by atoms with Gasteiger partial charge in [-0.25, -0.2) is 0 Å². The summed E-state index contributed by atoms with van der Waals surface area (Å²) in [6.45, 7) is 0.574. The van der Waals surface area contributed by atoms with Crippen molar-refractivity contribution in [1.29, 1.82) is 0 Å². The largest absolute Gasteiger partial charge is 0.483 e. The van der Waals surface area contributed by atoms with Gasteiger partial charge in [0.25, 0.3) is 0 Å². The monoisotopic (exact) mass is 324 g/mol. The number of ketones is 2. The molecule has 114 valence electrons. The van der Waals surface area contributed by atoms with Crippen molar-refractivity contribution in [2.75, 3.05) is 13.2 Å². The second-order valence-electron chi connectivity index (χ2n) is 5.17. The van der Waals surface area contributed by atoms with E-state index in [0.717, 1.165) is 15.7 Å². The van der Waals surface area contributed by atoms with E-state index in [0.29, 0.717) is 11.5 Å². The van der Waals surface area contributed by atoms with Crippen LogP contribution < -0.4 is 0 Å². The Balaban J connectivity index is 1.65. The van der Waals surface area contributed by atoms with Crippen molar-refractivity contribution in [2.45, 2.75) is 4.90 Å². The maximum atomic E-state index is 12.5. The molecule has 0 amide bonds. The summed E-state index contributed by atoms with van der Waals surface area (Å²) in [5, 5.41) is 2.22. The van der Waals surface area contributed by atoms with Gasteiger partial charge in [-0.05, 0) is 22.9 Å². The molecule has 0 unspecified atom stereocenters. The number of carbonyl (C=O) groups excluding carboxylic acids is 2. The van der Waals surface area contributed by atoms with Crippen LogP contribution in [0.2, 0.25) is 0 Å². The molecule has 0 radical (unpaired) electrons. The van der Waals surface area contributed by atoms with Crippen molar-refractivity contribution in [1.82, 2.24) is 0 Å². The summed E-state index contributed by atoms with van der Waals surface area (Å²) in [7, 11) is 0. The first-order chi connectivity index (χ1) is 11.2. The lowest BCUT2D eigenvalue weighted by atomic mass is 10.1. The van der Waals surface area contributed by atoms with E-state index in [1.54, 1.807) is 0 Å². The van der Waals surface area contributed by atoms with Gasteiger partial charge in [-0.15, -0.1) is 0 Å². The Bertz CT molecular complexity index is 895. The Kier molecular flexibility index (Phi) is 3.42. The molecule has 2 aromatic carbocycles. The number of hydrogen-bond donors (Lipinski definition) is 0. The molecule has 23 heavy (non-hydrogen) atoms. The predicted molar refractivity (Wildman–Crippen MR) is 86.8 cm³/mol. The number of benzene rings is 2. The first-order valence-corrected chi connectivity index (χ1v) is 8.01. The molecule has 0 aromatic heterocycles. The molecular formula is C18H12O4S. The summed E-state index contributed by atoms with van der Waals surface area (Å²) in [6, 6.07) is 13.9. The summed E-state index contributed by atoms with van der Waals surface area (Å²) in [4.78, 5) is 25.8. The minimum absolute atomic E-state index is 0.0316. The van der Waals surface area contributed by atoms with Gasteiger partial charge in [-0.2, -0.15) is 0 Å². The highest BCUT2D eigenvalue weighted by Gasteiger charge is 2.34. The number of Topliss-reactive ketones (excluding diaryl/α,β-unsaturated/α-hetero) is 1. The molecule has 0 N–H and O–H groups in total. The van der Waals surface area contributed by atoms with Gasteiger partial charge < -0.3 is 9.47 Å². The molecule has 4 nitrogen and oxygen atoms in total. The zero-order valence-electron chi connectivity index (χ0n) is 12.1. The van der Waals surface area contributed by atoms with Crippen molar-refractivity contribution < 1.29 is 19.1 Å². The first-order valence-electron chi connectivity index (χ1n) is 7.19. The Hall–Kier alpha value is -2.53. The van der Waals surface area contributed by atoms with Crippen LogP contribution in [0.3, 0.4) is 0 Å². The van der Waals surface area contributed by atoms with Gasteiger partial charge in [-0.1, -0.05) is 42.1 Å². The van der Waals surface area contributed by atoms with Crippen LogP contribution >= 0.6 is 11.8 Å². The lowest BCUT2D eigenvalue weighted by Gasteiger charge is -2.23. The highest BCUT2D eigenvalue weighted by atomic mass is 32.2. The Morgan fingerprint density at radius 2 is 1.61 bits per heavy atom.